The van der Waals surface area contributed by atoms with E-state index in [0.29, 0.717) is 5.92 Å². The van der Waals surface area contributed by atoms with Gasteiger partial charge >= 0.3 is 0 Å². The highest BCUT2D eigenvalue weighted by molar-refractivity contribution is 5.69. The first-order valence-corrected chi connectivity index (χ1v) is 5.19. The van der Waals surface area contributed by atoms with Gasteiger partial charge in [0.25, 0.3) is 0 Å². The Kier molecular flexibility index (Phi) is 2.69. The first-order chi connectivity index (χ1) is 6.81. The highest BCUT2D eigenvalue weighted by atomic mass is 16.2. The topological polar surface area (TPSA) is 20.2 Å². The molecule has 0 unspecified atom stereocenters. The van der Waals surface area contributed by atoms with Crippen LogP contribution in [0.3, 0.4) is 0 Å². The Morgan fingerprint density at radius 2 is 2.29 bits per heavy atom. The van der Waals surface area contributed by atoms with Crippen LogP contribution in [0.5, 0.6) is 0 Å². The molecule has 0 spiro atoms. The molecule has 14 heavy (non-hydrogen) atoms. The number of aliphatic hydroxyl groups is 1. The predicted molar refractivity (Wildman–Crippen MR) is 59.0 cm³/mol. The zero-order valence-electron chi connectivity index (χ0n) is 8.53. The number of aliphatic hydroxyl groups excluding tert-OH is 1. The van der Waals surface area contributed by atoms with Gasteiger partial charge in [0.05, 0.1) is 6.61 Å². The van der Waals surface area contributed by atoms with Crippen LogP contribution in [0.2, 0.25) is 0 Å². The molecule has 1 N–H and O–H groups in total. The fraction of sp³-hybridized carbons (Fsp3) is 0.385. The maximum Gasteiger partial charge on any atom is 0.0618 e. The lowest BCUT2D eigenvalue weighted by Crippen LogP contribution is -1.89. The van der Waals surface area contributed by atoms with Crippen LogP contribution in [0.25, 0.3) is 5.57 Å². The number of allylic oxidation sites excluding steroid dienone is 1. The molecule has 0 aromatic heterocycles. The molecule has 0 heterocycles. The van der Waals surface area contributed by atoms with Gasteiger partial charge in [0.2, 0.25) is 0 Å². The van der Waals surface area contributed by atoms with Crippen LogP contribution in [-0.2, 0) is 0 Å². The van der Waals surface area contributed by atoms with Gasteiger partial charge < -0.3 is 5.11 Å². The molecule has 0 atom stereocenters. The van der Waals surface area contributed by atoms with Crippen molar-refractivity contribution >= 4 is 5.57 Å². The summed E-state index contributed by atoms with van der Waals surface area (Å²) in [4.78, 5) is 0. The van der Waals surface area contributed by atoms with Gasteiger partial charge in [0.1, 0.15) is 0 Å². The first-order valence-electron chi connectivity index (χ1n) is 5.19. The standard InChI is InChI=1S/C13H16O/c1-10-3-2-4-12(9-10)13(7-8-14)11-5-6-11/h2-4,7,9,11,14H,5-6,8H2,1H3/b13-7-. The van der Waals surface area contributed by atoms with Gasteiger partial charge in [-0.1, -0.05) is 35.9 Å². The summed E-state index contributed by atoms with van der Waals surface area (Å²) in [6, 6.07) is 8.51. The number of benzene rings is 1. The second-order valence-electron chi connectivity index (χ2n) is 3.99. The van der Waals surface area contributed by atoms with E-state index in [9.17, 15) is 0 Å². The van der Waals surface area contributed by atoms with Crippen molar-refractivity contribution in [2.24, 2.45) is 5.92 Å². The van der Waals surface area contributed by atoms with E-state index in [1.165, 1.54) is 29.5 Å². The lowest BCUT2D eigenvalue weighted by Gasteiger charge is -2.06. The Balaban J connectivity index is 2.30. The van der Waals surface area contributed by atoms with E-state index in [2.05, 4.69) is 31.2 Å². The van der Waals surface area contributed by atoms with E-state index in [0.717, 1.165) is 0 Å². The molecule has 2 rings (SSSR count). The molecule has 1 fully saturated rings. The molecule has 74 valence electrons. The van der Waals surface area contributed by atoms with Crippen molar-refractivity contribution in [1.29, 1.82) is 0 Å². The van der Waals surface area contributed by atoms with Crippen LogP contribution >= 0.6 is 0 Å². The van der Waals surface area contributed by atoms with Crippen molar-refractivity contribution in [2.45, 2.75) is 19.8 Å². The van der Waals surface area contributed by atoms with Gasteiger partial charge in [-0.15, -0.1) is 0 Å². The minimum atomic E-state index is 0.153. The average Bonchev–Trinajstić information content (AvgIpc) is 2.97. The quantitative estimate of drug-likeness (QED) is 0.773. The van der Waals surface area contributed by atoms with Crippen LogP contribution in [0.1, 0.15) is 24.0 Å². The average molecular weight is 188 g/mol. The monoisotopic (exact) mass is 188 g/mol. The fourth-order valence-electron chi connectivity index (χ4n) is 1.84. The maximum absolute atomic E-state index is 8.97. The molecule has 0 aliphatic heterocycles. The van der Waals surface area contributed by atoms with Crippen LogP contribution in [0, 0.1) is 12.8 Å². The third kappa shape index (κ3) is 2.05. The third-order valence-electron chi connectivity index (χ3n) is 2.68. The first kappa shape index (κ1) is 9.47. The van der Waals surface area contributed by atoms with Crippen molar-refractivity contribution in [3.05, 3.63) is 41.5 Å². The Morgan fingerprint density at radius 1 is 1.50 bits per heavy atom. The van der Waals surface area contributed by atoms with E-state index in [-0.39, 0.29) is 6.61 Å². The lowest BCUT2D eigenvalue weighted by atomic mass is 9.99. The van der Waals surface area contributed by atoms with Crippen molar-refractivity contribution in [3.8, 4) is 0 Å². The molecule has 1 nitrogen and oxygen atoms in total. The molecule has 1 heteroatoms. The van der Waals surface area contributed by atoms with Gasteiger partial charge in [-0.25, -0.2) is 0 Å². The Bertz CT molecular complexity index is 348. The van der Waals surface area contributed by atoms with E-state index in [1.807, 2.05) is 6.08 Å². The van der Waals surface area contributed by atoms with Crippen LogP contribution in [0.4, 0.5) is 0 Å². The number of rotatable bonds is 3. The van der Waals surface area contributed by atoms with Crippen LogP contribution in [0.15, 0.2) is 30.3 Å². The highest BCUT2D eigenvalue weighted by Crippen LogP contribution is 2.41. The van der Waals surface area contributed by atoms with E-state index < -0.39 is 0 Å². The second-order valence-corrected chi connectivity index (χ2v) is 3.99. The van der Waals surface area contributed by atoms with Crippen molar-refractivity contribution < 1.29 is 5.11 Å². The zero-order chi connectivity index (χ0) is 9.97. The van der Waals surface area contributed by atoms with Gasteiger partial charge in [-0.2, -0.15) is 0 Å². The van der Waals surface area contributed by atoms with E-state index in [4.69, 9.17) is 5.11 Å². The molecule has 1 aliphatic rings. The number of hydrogen-bond acceptors (Lipinski definition) is 1. The van der Waals surface area contributed by atoms with E-state index in [1.54, 1.807) is 0 Å². The SMILES string of the molecule is Cc1cccc(/C(=C\CO)C2CC2)c1. The molecule has 0 amide bonds. The molecule has 0 saturated heterocycles. The van der Waals surface area contributed by atoms with Crippen LogP contribution < -0.4 is 0 Å². The minimum absolute atomic E-state index is 0.153. The second kappa shape index (κ2) is 3.97. The number of aryl methyl sites for hydroxylation is 1. The number of hydrogen-bond donors (Lipinski definition) is 1. The molecule has 1 aromatic carbocycles. The highest BCUT2D eigenvalue weighted by Gasteiger charge is 2.26. The van der Waals surface area contributed by atoms with Gasteiger partial charge in [-0.3, -0.25) is 0 Å². The van der Waals surface area contributed by atoms with Crippen molar-refractivity contribution in [2.75, 3.05) is 6.61 Å². The zero-order valence-corrected chi connectivity index (χ0v) is 8.53. The molecular weight excluding hydrogens is 172 g/mol. The summed E-state index contributed by atoms with van der Waals surface area (Å²) < 4.78 is 0. The van der Waals surface area contributed by atoms with Crippen molar-refractivity contribution in [1.82, 2.24) is 0 Å². The Morgan fingerprint density at radius 3 is 2.86 bits per heavy atom. The molecule has 0 radical (unpaired) electrons. The lowest BCUT2D eigenvalue weighted by molar-refractivity contribution is 0.343. The maximum atomic E-state index is 8.97. The summed E-state index contributed by atoms with van der Waals surface area (Å²) in [7, 11) is 0. The molecule has 1 aromatic rings. The van der Waals surface area contributed by atoms with Gasteiger partial charge in [-0.05, 0) is 36.8 Å². The normalized spacial score (nSPS) is 17.1. The fourth-order valence-corrected chi connectivity index (χ4v) is 1.84. The third-order valence-corrected chi connectivity index (χ3v) is 2.68. The Hall–Kier alpha value is -1.08. The molecule has 1 saturated carbocycles. The van der Waals surface area contributed by atoms with Gasteiger partial charge in [0, 0.05) is 0 Å². The van der Waals surface area contributed by atoms with Crippen molar-refractivity contribution in [3.63, 3.8) is 0 Å². The van der Waals surface area contributed by atoms with Crippen LogP contribution in [-0.4, -0.2) is 11.7 Å². The summed E-state index contributed by atoms with van der Waals surface area (Å²) in [6.07, 6.45) is 4.51. The summed E-state index contributed by atoms with van der Waals surface area (Å²) in [5.41, 5.74) is 3.89. The summed E-state index contributed by atoms with van der Waals surface area (Å²) in [6.45, 7) is 2.26. The van der Waals surface area contributed by atoms with E-state index >= 15 is 0 Å². The Labute approximate surface area is 85.1 Å². The minimum Gasteiger partial charge on any atom is -0.392 e. The summed E-state index contributed by atoms with van der Waals surface area (Å²) in [5.74, 6) is 0.698. The van der Waals surface area contributed by atoms with Gasteiger partial charge in [0.15, 0.2) is 0 Å². The smallest absolute Gasteiger partial charge is 0.0618 e. The predicted octanol–water partition coefficient (Wildman–Crippen LogP) is 2.78. The summed E-state index contributed by atoms with van der Waals surface area (Å²) >= 11 is 0. The molecular formula is C13H16O. The summed E-state index contributed by atoms with van der Waals surface area (Å²) in [5, 5.41) is 8.97. The molecule has 0 bridgehead atoms. The largest absolute Gasteiger partial charge is 0.392 e. The molecule has 1 aliphatic carbocycles.